The summed E-state index contributed by atoms with van der Waals surface area (Å²) in [6.45, 7) is 12.7. The number of carbonyl (C=O) groups is 1. The lowest BCUT2D eigenvalue weighted by Crippen LogP contribution is -2.28. The van der Waals surface area contributed by atoms with Gasteiger partial charge in [-0.1, -0.05) is 35.3 Å². The highest BCUT2D eigenvalue weighted by Gasteiger charge is 2.20. The van der Waals surface area contributed by atoms with E-state index in [-0.39, 0.29) is 18.2 Å². The molecule has 0 radical (unpaired) electrons. The first-order valence-electron chi connectivity index (χ1n) is 9.64. The molecule has 144 valence electrons. The molecule has 1 rings (SSSR count). The number of rotatable bonds is 10. The predicted molar refractivity (Wildman–Crippen MR) is 108 cm³/mol. The maximum Gasteiger partial charge on any atom is 0.228 e. The van der Waals surface area contributed by atoms with Crippen molar-refractivity contribution < 1.29 is 14.3 Å². The fourth-order valence-electron chi connectivity index (χ4n) is 2.89. The van der Waals surface area contributed by atoms with Gasteiger partial charge in [0.25, 0.3) is 0 Å². The summed E-state index contributed by atoms with van der Waals surface area (Å²) in [6, 6.07) is 0. The van der Waals surface area contributed by atoms with Crippen molar-refractivity contribution in [1.29, 1.82) is 0 Å². The zero-order valence-electron chi connectivity index (χ0n) is 16.9. The molecule has 0 amide bonds. The Morgan fingerprint density at radius 2 is 2.04 bits per heavy atom. The number of hydrogen-bond donors (Lipinski definition) is 0. The average molecular weight is 359 g/mol. The van der Waals surface area contributed by atoms with E-state index in [1.54, 1.807) is 13.0 Å². The Labute approximate surface area is 159 Å². The highest BCUT2D eigenvalue weighted by Crippen LogP contribution is 2.22. The topological polar surface area (TPSA) is 35.5 Å². The molecule has 1 aliphatic heterocycles. The molecule has 2 atom stereocenters. The minimum absolute atomic E-state index is 0.0494. The number of hydrogen-bond acceptors (Lipinski definition) is 3. The van der Waals surface area contributed by atoms with Gasteiger partial charge in [0.2, 0.25) is 5.78 Å². The molecule has 1 saturated heterocycles. The highest BCUT2D eigenvalue weighted by atomic mass is 16.7. The lowest BCUT2D eigenvalue weighted by Gasteiger charge is -2.28. The van der Waals surface area contributed by atoms with Crippen LogP contribution in [0.1, 0.15) is 72.6 Å². The summed E-state index contributed by atoms with van der Waals surface area (Å²) < 4.78 is 11.8. The second-order valence-corrected chi connectivity index (χ2v) is 7.12. The molecular formula is C23H34O3. The Bertz CT molecular complexity index is 580. The van der Waals surface area contributed by atoms with Crippen molar-refractivity contribution in [2.45, 2.75) is 85.0 Å². The normalized spacial score (nSPS) is 19.5. The summed E-state index contributed by atoms with van der Waals surface area (Å²) in [5.41, 5.74) is 3.47. The average Bonchev–Trinajstić information content (AvgIpc) is 2.59. The molecular weight excluding hydrogens is 324 g/mol. The fourth-order valence-corrected chi connectivity index (χ4v) is 2.89. The van der Waals surface area contributed by atoms with Gasteiger partial charge in [0.05, 0.1) is 6.10 Å². The molecule has 1 fully saturated rings. The van der Waals surface area contributed by atoms with E-state index in [1.807, 2.05) is 13.8 Å². The van der Waals surface area contributed by atoms with Crippen molar-refractivity contribution in [2.75, 3.05) is 6.61 Å². The third kappa shape index (κ3) is 9.75. The first-order valence-corrected chi connectivity index (χ1v) is 9.64. The molecule has 0 N–H and O–H groups in total. The summed E-state index contributed by atoms with van der Waals surface area (Å²) in [4.78, 5) is 11.5. The summed E-state index contributed by atoms with van der Waals surface area (Å²) >= 11 is 0. The SMILES string of the molecule is C=C(C)C(CCC(C)=CCCC(C)=CC(=O)C#CC)OC1CCCCO1. The number of allylic oxidation sites excluding steroid dienone is 4. The second-order valence-electron chi connectivity index (χ2n) is 7.12. The van der Waals surface area contributed by atoms with Gasteiger partial charge < -0.3 is 9.47 Å². The molecule has 0 aromatic heterocycles. The van der Waals surface area contributed by atoms with Crippen LogP contribution < -0.4 is 0 Å². The minimum Gasteiger partial charge on any atom is -0.353 e. The standard InChI is InChI=1S/C23H34O3/c1-6-10-21(24)17-20(5)12-9-11-19(4)14-15-22(18(2)3)26-23-13-7-8-16-25-23/h11,17,22-23H,2,7-9,12-16H2,1,3-5H3. The first-order chi connectivity index (χ1) is 12.4. The first kappa shape index (κ1) is 22.4. The Morgan fingerprint density at radius 3 is 2.65 bits per heavy atom. The van der Waals surface area contributed by atoms with E-state index >= 15 is 0 Å². The molecule has 3 nitrogen and oxygen atoms in total. The van der Waals surface area contributed by atoms with Crippen molar-refractivity contribution in [3.05, 3.63) is 35.5 Å². The number of carbonyl (C=O) groups excluding carboxylic acids is 1. The minimum atomic E-state index is -0.114. The van der Waals surface area contributed by atoms with Crippen molar-refractivity contribution in [1.82, 2.24) is 0 Å². The van der Waals surface area contributed by atoms with Crippen molar-refractivity contribution in [3.63, 3.8) is 0 Å². The van der Waals surface area contributed by atoms with Crippen molar-refractivity contribution in [3.8, 4) is 11.8 Å². The summed E-state index contributed by atoms with van der Waals surface area (Å²) in [5, 5.41) is 0. The van der Waals surface area contributed by atoms with E-state index in [2.05, 4.69) is 31.4 Å². The molecule has 0 aromatic rings. The second kappa shape index (κ2) is 12.7. The quantitative estimate of drug-likeness (QED) is 0.223. The van der Waals surface area contributed by atoms with Gasteiger partial charge in [0.1, 0.15) is 0 Å². The van der Waals surface area contributed by atoms with Gasteiger partial charge in [0.15, 0.2) is 6.29 Å². The third-order valence-electron chi connectivity index (χ3n) is 4.46. The fraction of sp³-hybridized carbons (Fsp3) is 0.609. The van der Waals surface area contributed by atoms with E-state index < -0.39 is 0 Å². The van der Waals surface area contributed by atoms with Gasteiger partial charge in [-0.3, -0.25) is 4.79 Å². The Kier molecular flexibility index (Phi) is 10.9. The van der Waals surface area contributed by atoms with Gasteiger partial charge >= 0.3 is 0 Å². The zero-order valence-corrected chi connectivity index (χ0v) is 16.9. The largest absolute Gasteiger partial charge is 0.353 e. The molecule has 0 aliphatic carbocycles. The van der Waals surface area contributed by atoms with Crippen LogP contribution in [0.2, 0.25) is 0 Å². The summed E-state index contributed by atoms with van der Waals surface area (Å²) in [7, 11) is 0. The molecule has 0 saturated carbocycles. The number of ether oxygens (including phenoxy) is 2. The highest BCUT2D eigenvalue weighted by molar-refractivity contribution is 6.04. The molecule has 0 aromatic carbocycles. The van der Waals surface area contributed by atoms with E-state index in [1.165, 1.54) is 12.0 Å². The van der Waals surface area contributed by atoms with Gasteiger partial charge in [-0.15, -0.1) is 0 Å². The van der Waals surface area contributed by atoms with E-state index in [0.717, 1.165) is 56.3 Å². The summed E-state index contributed by atoms with van der Waals surface area (Å²) in [6.07, 6.45) is 10.9. The van der Waals surface area contributed by atoms with Crippen LogP contribution in [-0.2, 0) is 14.3 Å². The Hall–Kier alpha value is -1.63. The van der Waals surface area contributed by atoms with Crippen LogP contribution in [0.4, 0.5) is 0 Å². The van der Waals surface area contributed by atoms with Gasteiger partial charge in [-0.25, -0.2) is 0 Å². The molecule has 0 spiro atoms. The molecule has 2 unspecified atom stereocenters. The molecule has 1 aliphatic rings. The van der Waals surface area contributed by atoms with Crippen LogP contribution >= 0.6 is 0 Å². The lowest BCUT2D eigenvalue weighted by molar-refractivity contribution is -0.181. The van der Waals surface area contributed by atoms with Crippen LogP contribution in [0.3, 0.4) is 0 Å². The Balaban J connectivity index is 2.39. The van der Waals surface area contributed by atoms with E-state index in [9.17, 15) is 4.79 Å². The van der Waals surface area contributed by atoms with Crippen LogP contribution in [0.25, 0.3) is 0 Å². The van der Waals surface area contributed by atoms with Crippen LogP contribution in [0, 0.1) is 11.8 Å². The van der Waals surface area contributed by atoms with Crippen LogP contribution in [-0.4, -0.2) is 24.8 Å². The van der Waals surface area contributed by atoms with E-state index in [4.69, 9.17) is 9.47 Å². The molecule has 0 bridgehead atoms. The van der Waals surface area contributed by atoms with E-state index in [0.29, 0.717) is 0 Å². The van der Waals surface area contributed by atoms with Crippen molar-refractivity contribution in [2.24, 2.45) is 0 Å². The maximum atomic E-state index is 11.5. The van der Waals surface area contributed by atoms with Crippen LogP contribution in [0.15, 0.2) is 35.5 Å². The monoisotopic (exact) mass is 358 g/mol. The molecule has 26 heavy (non-hydrogen) atoms. The molecule has 3 heteroatoms. The third-order valence-corrected chi connectivity index (χ3v) is 4.46. The Morgan fingerprint density at radius 1 is 1.27 bits per heavy atom. The smallest absolute Gasteiger partial charge is 0.228 e. The van der Waals surface area contributed by atoms with Gasteiger partial charge in [0, 0.05) is 6.61 Å². The molecule has 1 heterocycles. The van der Waals surface area contributed by atoms with Crippen molar-refractivity contribution >= 4 is 5.78 Å². The zero-order chi connectivity index (χ0) is 19.4. The van der Waals surface area contributed by atoms with Crippen LogP contribution in [0.5, 0.6) is 0 Å². The maximum absolute atomic E-state index is 11.5. The summed E-state index contributed by atoms with van der Waals surface area (Å²) in [5.74, 6) is 5.05. The lowest BCUT2D eigenvalue weighted by atomic mass is 10.0. The number of ketones is 1. The predicted octanol–water partition coefficient (Wildman–Crippen LogP) is 5.52. The van der Waals surface area contributed by atoms with Gasteiger partial charge in [-0.2, -0.15) is 0 Å². The van der Waals surface area contributed by atoms with Gasteiger partial charge in [-0.05, 0) is 84.6 Å².